The summed E-state index contributed by atoms with van der Waals surface area (Å²) in [6.45, 7) is 0. The number of fused-ring (bicyclic) bond motifs is 1. The zero-order valence-electron chi connectivity index (χ0n) is 13.6. The molecule has 0 saturated heterocycles. The van der Waals surface area contributed by atoms with Crippen LogP contribution in [0.25, 0.3) is 6.08 Å². The molecule has 0 saturated carbocycles. The normalized spacial score (nSPS) is 14.2. The number of anilines is 1. The van der Waals surface area contributed by atoms with Crippen molar-refractivity contribution in [2.75, 3.05) is 11.6 Å². The lowest BCUT2D eigenvalue weighted by Crippen LogP contribution is -2.13. The average Bonchev–Trinajstić information content (AvgIpc) is 2.94. The number of halogens is 3. The molecular weight excluding hydrogens is 387 g/mol. The molecule has 0 bridgehead atoms. The number of thiophene rings is 1. The topological polar surface area (TPSA) is 63.2 Å². The molecule has 26 heavy (non-hydrogen) atoms. The van der Waals surface area contributed by atoms with E-state index >= 15 is 0 Å². The molecule has 0 radical (unpaired) electrons. The van der Waals surface area contributed by atoms with Crippen molar-refractivity contribution in [3.8, 4) is 0 Å². The molecule has 1 N–H and O–H groups in total. The maximum atomic E-state index is 12.6. The van der Waals surface area contributed by atoms with Crippen LogP contribution in [0.15, 0.2) is 34.6 Å². The van der Waals surface area contributed by atoms with Crippen molar-refractivity contribution in [3.63, 3.8) is 0 Å². The zero-order valence-corrected chi connectivity index (χ0v) is 15.2. The van der Waals surface area contributed by atoms with Crippen molar-refractivity contribution >= 4 is 38.8 Å². The van der Waals surface area contributed by atoms with Crippen LogP contribution >= 0.6 is 11.3 Å². The minimum Gasteiger partial charge on any atom is -0.321 e. The molecule has 9 heteroatoms. The number of benzene rings is 1. The van der Waals surface area contributed by atoms with Gasteiger partial charge in [-0.1, -0.05) is 12.2 Å². The number of sulfone groups is 1. The van der Waals surface area contributed by atoms with E-state index in [1.54, 1.807) is 6.08 Å². The summed E-state index contributed by atoms with van der Waals surface area (Å²) in [5.41, 5.74) is 0.578. The fraction of sp³-hybridized carbons (Fsp3) is 0.235. The standard InChI is InChI=1S/C17H14F3NO3S2/c1-26(23,24)16-13-5-3-2-4-12(13)14(25-16)15(22)21-11-8-6-10(7-9-11)17(18,19)20/h3,5-9H,2,4H2,1H3,(H,21,22). The summed E-state index contributed by atoms with van der Waals surface area (Å²) in [6.07, 6.45) is 1.40. The average molecular weight is 401 g/mol. The molecule has 4 nitrogen and oxygen atoms in total. The molecule has 0 fully saturated rings. The Morgan fingerprint density at radius 3 is 2.42 bits per heavy atom. The Kier molecular flexibility index (Phi) is 4.70. The predicted octanol–water partition coefficient (Wildman–Crippen LogP) is 4.38. The number of rotatable bonds is 3. The van der Waals surface area contributed by atoms with Crippen LogP contribution in [-0.4, -0.2) is 20.6 Å². The third kappa shape index (κ3) is 3.68. The lowest BCUT2D eigenvalue weighted by atomic mass is 9.99. The van der Waals surface area contributed by atoms with E-state index in [-0.39, 0.29) is 14.8 Å². The first-order valence-electron chi connectivity index (χ1n) is 7.58. The monoisotopic (exact) mass is 401 g/mol. The Labute approximate surface area is 152 Å². The van der Waals surface area contributed by atoms with E-state index in [1.165, 1.54) is 0 Å². The highest BCUT2D eigenvalue weighted by Gasteiger charge is 2.30. The molecule has 1 heterocycles. The highest BCUT2D eigenvalue weighted by Crippen LogP contribution is 2.37. The molecule has 1 amide bonds. The van der Waals surface area contributed by atoms with Crippen LogP contribution in [-0.2, 0) is 22.4 Å². The number of carbonyl (C=O) groups is 1. The molecule has 0 unspecified atom stereocenters. The number of allylic oxidation sites excluding steroid dienone is 1. The van der Waals surface area contributed by atoms with Gasteiger partial charge in [0, 0.05) is 17.5 Å². The molecule has 1 aromatic carbocycles. The van der Waals surface area contributed by atoms with Crippen LogP contribution in [0.1, 0.15) is 32.8 Å². The molecule has 0 aliphatic heterocycles. The summed E-state index contributed by atoms with van der Waals surface area (Å²) in [5.74, 6) is -0.531. The van der Waals surface area contributed by atoms with E-state index in [0.717, 1.165) is 41.9 Å². The summed E-state index contributed by atoms with van der Waals surface area (Å²) >= 11 is 0.886. The number of amides is 1. The summed E-state index contributed by atoms with van der Waals surface area (Å²) in [7, 11) is -3.49. The number of hydrogen-bond acceptors (Lipinski definition) is 4. The van der Waals surface area contributed by atoms with Crippen molar-refractivity contribution in [1.29, 1.82) is 0 Å². The second kappa shape index (κ2) is 6.55. The van der Waals surface area contributed by atoms with E-state index in [0.29, 0.717) is 24.0 Å². The van der Waals surface area contributed by atoms with Crippen LogP contribution in [0.5, 0.6) is 0 Å². The number of alkyl halides is 3. The molecule has 138 valence electrons. The Balaban J connectivity index is 1.91. The van der Waals surface area contributed by atoms with Crippen molar-refractivity contribution in [1.82, 2.24) is 0 Å². The second-order valence-corrected chi connectivity index (χ2v) is 9.08. The maximum Gasteiger partial charge on any atom is 0.416 e. The lowest BCUT2D eigenvalue weighted by Gasteiger charge is -2.10. The van der Waals surface area contributed by atoms with Gasteiger partial charge < -0.3 is 5.32 Å². The molecule has 1 aliphatic rings. The third-order valence-corrected chi connectivity index (χ3v) is 6.97. The van der Waals surface area contributed by atoms with Gasteiger partial charge in [-0.25, -0.2) is 8.42 Å². The fourth-order valence-electron chi connectivity index (χ4n) is 2.69. The second-order valence-electron chi connectivity index (χ2n) is 5.85. The minimum atomic E-state index is -4.45. The molecule has 1 aromatic heterocycles. The number of nitrogens with one attached hydrogen (secondary N) is 1. The maximum absolute atomic E-state index is 12.6. The van der Waals surface area contributed by atoms with Gasteiger partial charge in [-0.15, -0.1) is 11.3 Å². The van der Waals surface area contributed by atoms with E-state index in [1.807, 2.05) is 6.08 Å². The smallest absolute Gasteiger partial charge is 0.321 e. The van der Waals surface area contributed by atoms with E-state index in [9.17, 15) is 26.4 Å². The minimum absolute atomic E-state index is 0.126. The van der Waals surface area contributed by atoms with Gasteiger partial charge in [0.2, 0.25) is 0 Å². The molecule has 0 atom stereocenters. The van der Waals surface area contributed by atoms with Crippen molar-refractivity contribution in [3.05, 3.63) is 51.9 Å². The third-order valence-electron chi connectivity index (χ3n) is 3.87. The van der Waals surface area contributed by atoms with E-state index in [2.05, 4.69) is 5.32 Å². The largest absolute Gasteiger partial charge is 0.416 e. The van der Waals surface area contributed by atoms with E-state index < -0.39 is 27.5 Å². The van der Waals surface area contributed by atoms with Gasteiger partial charge in [0.05, 0.1) is 10.4 Å². The summed E-state index contributed by atoms with van der Waals surface area (Å²) in [4.78, 5) is 12.8. The summed E-state index contributed by atoms with van der Waals surface area (Å²) < 4.78 is 61.9. The lowest BCUT2D eigenvalue weighted by molar-refractivity contribution is -0.137. The molecule has 2 aromatic rings. The fourth-order valence-corrected chi connectivity index (χ4v) is 5.10. The number of carbonyl (C=O) groups excluding carboxylic acids is 1. The molecule has 1 aliphatic carbocycles. The van der Waals surface area contributed by atoms with Gasteiger partial charge in [-0.3, -0.25) is 4.79 Å². The zero-order chi connectivity index (χ0) is 19.1. The number of hydrogen-bond donors (Lipinski definition) is 1. The summed E-state index contributed by atoms with van der Waals surface area (Å²) in [5, 5.41) is 2.54. The first-order valence-corrected chi connectivity index (χ1v) is 10.3. The molecule has 3 rings (SSSR count). The van der Waals surface area contributed by atoms with E-state index in [4.69, 9.17) is 0 Å². The SMILES string of the molecule is CS(=O)(=O)c1sc(C(=O)Nc2ccc(C(F)(F)F)cc2)c2c1C=CCC2. The Bertz CT molecular complexity index is 987. The van der Waals surface area contributed by atoms with Gasteiger partial charge in [-0.2, -0.15) is 13.2 Å². The first kappa shape index (κ1) is 18.7. The van der Waals surface area contributed by atoms with Crippen LogP contribution in [0, 0.1) is 0 Å². The van der Waals surface area contributed by atoms with Crippen LogP contribution in [0.3, 0.4) is 0 Å². The van der Waals surface area contributed by atoms with Crippen molar-refractivity contribution < 1.29 is 26.4 Å². The van der Waals surface area contributed by atoms with Gasteiger partial charge in [-0.05, 0) is 42.7 Å². The van der Waals surface area contributed by atoms with Gasteiger partial charge in [0.25, 0.3) is 5.91 Å². The van der Waals surface area contributed by atoms with Crippen LogP contribution in [0.2, 0.25) is 0 Å². The Morgan fingerprint density at radius 1 is 1.19 bits per heavy atom. The Morgan fingerprint density at radius 2 is 1.85 bits per heavy atom. The highest BCUT2D eigenvalue weighted by atomic mass is 32.2. The van der Waals surface area contributed by atoms with Crippen LogP contribution in [0.4, 0.5) is 18.9 Å². The van der Waals surface area contributed by atoms with Gasteiger partial charge in [0.15, 0.2) is 9.84 Å². The van der Waals surface area contributed by atoms with Gasteiger partial charge in [0.1, 0.15) is 4.21 Å². The Hall–Kier alpha value is -2.13. The van der Waals surface area contributed by atoms with Gasteiger partial charge >= 0.3 is 6.18 Å². The highest BCUT2D eigenvalue weighted by molar-refractivity contribution is 7.92. The quantitative estimate of drug-likeness (QED) is 0.830. The van der Waals surface area contributed by atoms with Crippen LogP contribution < -0.4 is 5.32 Å². The molecule has 0 spiro atoms. The summed E-state index contributed by atoms with van der Waals surface area (Å²) in [6, 6.07) is 4.09. The predicted molar refractivity (Wildman–Crippen MR) is 94.2 cm³/mol. The van der Waals surface area contributed by atoms with Crippen molar-refractivity contribution in [2.24, 2.45) is 0 Å². The molecular formula is C17H14F3NO3S2. The first-order chi connectivity index (χ1) is 12.1. The van der Waals surface area contributed by atoms with Crippen molar-refractivity contribution in [2.45, 2.75) is 23.2 Å².